The maximum atomic E-state index is 14.4. The summed E-state index contributed by atoms with van der Waals surface area (Å²) in [7, 11) is 0. The van der Waals surface area contributed by atoms with Crippen LogP contribution in [0.5, 0.6) is 11.5 Å². The summed E-state index contributed by atoms with van der Waals surface area (Å²) in [6, 6.07) is 4.44. The molecule has 35 heavy (non-hydrogen) atoms. The Bertz CT molecular complexity index is 842. The Hall–Kier alpha value is -1.84. The van der Waals surface area contributed by atoms with Gasteiger partial charge in [0.1, 0.15) is 12.4 Å². The highest BCUT2D eigenvalue weighted by molar-refractivity contribution is 5.75. The molecule has 3 fully saturated rings. The molecule has 3 aliphatic rings. The average Bonchev–Trinajstić information content (AvgIpc) is 2.88. The van der Waals surface area contributed by atoms with E-state index in [0.29, 0.717) is 12.4 Å². The van der Waals surface area contributed by atoms with E-state index in [0.717, 1.165) is 55.3 Å². The van der Waals surface area contributed by atoms with Crippen LogP contribution in [-0.2, 0) is 4.79 Å². The van der Waals surface area contributed by atoms with Gasteiger partial charge in [-0.3, -0.25) is 4.79 Å². The molecule has 4 rings (SSSR count). The molecule has 0 heterocycles. The molecule has 0 bridgehead atoms. The molecule has 1 aromatic carbocycles. The molecule has 3 saturated carbocycles. The molecule has 0 N–H and O–H groups in total. The lowest BCUT2D eigenvalue weighted by molar-refractivity contribution is -0.140. The molecule has 4 unspecified atom stereocenters. The third kappa shape index (κ3) is 7.11. The van der Waals surface area contributed by atoms with Crippen LogP contribution in [0.1, 0.15) is 97.3 Å². The van der Waals surface area contributed by atoms with Crippen molar-refractivity contribution in [2.75, 3.05) is 6.61 Å². The summed E-state index contributed by atoms with van der Waals surface area (Å²) in [6.07, 6.45) is 20.5. The predicted molar refractivity (Wildman–Crippen MR) is 139 cm³/mol. The Balaban J connectivity index is 1.21. The molecule has 4 atom stereocenters. The molecule has 3 aliphatic carbocycles. The van der Waals surface area contributed by atoms with E-state index in [4.69, 9.17) is 9.47 Å². The summed E-state index contributed by atoms with van der Waals surface area (Å²) >= 11 is 0. The fraction of sp³-hybridized carbons (Fsp3) is 0.710. The van der Waals surface area contributed by atoms with E-state index in [1.807, 2.05) is 19.1 Å². The van der Waals surface area contributed by atoms with Crippen molar-refractivity contribution in [1.29, 1.82) is 0 Å². The minimum absolute atomic E-state index is 0.00312. The molecule has 0 saturated heterocycles. The van der Waals surface area contributed by atoms with Gasteiger partial charge in [-0.25, -0.2) is 4.39 Å². The standard InChI is InChI=1S/C31H45FO3/c1-3-5-7-22-8-9-27-20-26(15-14-25(27)19-22)23-10-12-24(13-11-23)31(33)35-30-17-16-28(21-29(30)32)34-18-6-4-2/h4,6,16-17,21-27H,3,5,7-15,18-20H2,1-2H3/b6-4+. The third-order valence-corrected chi connectivity index (χ3v) is 9.20. The lowest BCUT2D eigenvalue weighted by atomic mass is 9.60. The number of hydrogen-bond donors (Lipinski definition) is 0. The van der Waals surface area contributed by atoms with E-state index in [2.05, 4.69) is 6.92 Å². The largest absolute Gasteiger partial charge is 0.489 e. The van der Waals surface area contributed by atoms with E-state index in [-0.39, 0.29) is 17.6 Å². The van der Waals surface area contributed by atoms with Crippen molar-refractivity contribution < 1.29 is 18.7 Å². The van der Waals surface area contributed by atoms with Crippen molar-refractivity contribution in [2.24, 2.45) is 35.5 Å². The molecule has 0 aromatic heterocycles. The second-order valence-corrected chi connectivity index (χ2v) is 11.4. The molecule has 4 heteroatoms. The summed E-state index contributed by atoms with van der Waals surface area (Å²) in [5.74, 6) is 4.00. The zero-order chi connectivity index (χ0) is 24.6. The van der Waals surface area contributed by atoms with Gasteiger partial charge >= 0.3 is 5.97 Å². The van der Waals surface area contributed by atoms with E-state index in [1.54, 1.807) is 6.07 Å². The molecule has 0 aliphatic heterocycles. The lowest BCUT2D eigenvalue weighted by Gasteiger charge is -2.45. The van der Waals surface area contributed by atoms with Crippen LogP contribution in [0.4, 0.5) is 4.39 Å². The smallest absolute Gasteiger partial charge is 0.314 e. The first-order valence-corrected chi connectivity index (χ1v) is 14.3. The number of esters is 1. The van der Waals surface area contributed by atoms with Gasteiger partial charge in [0.15, 0.2) is 11.6 Å². The van der Waals surface area contributed by atoms with Gasteiger partial charge < -0.3 is 9.47 Å². The van der Waals surface area contributed by atoms with Crippen LogP contribution < -0.4 is 9.47 Å². The normalized spacial score (nSPS) is 31.2. The fourth-order valence-corrected chi connectivity index (χ4v) is 7.12. The van der Waals surface area contributed by atoms with Crippen LogP contribution in [0, 0.1) is 41.3 Å². The van der Waals surface area contributed by atoms with Crippen molar-refractivity contribution in [3.63, 3.8) is 0 Å². The van der Waals surface area contributed by atoms with Crippen LogP contribution in [-0.4, -0.2) is 12.6 Å². The zero-order valence-corrected chi connectivity index (χ0v) is 21.9. The summed E-state index contributed by atoms with van der Waals surface area (Å²) < 4.78 is 25.4. The quantitative estimate of drug-likeness (QED) is 0.200. The summed E-state index contributed by atoms with van der Waals surface area (Å²) in [6.45, 7) is 4.61. The number of ether oxygens (including phenoxy) is 2. The van der Waals surface area contributed by atoms with Crippen molar-refractivity contribution in [3.05, 3.63) is 36.2 Å². The van der Waals surface area contributed by atoms with E-state index in [1.165, 1.54) is 69.9 Å². The molecule has 194 valence electrons. The van der Waals surface area contributed by atoms with Crippen LogP contribution in [0.3, 0.4) is 0 Å². The van der Waals surface area contributed by atoms with Gasteiger partial charge in [-0.2, -0.15) is 0 Å². The predicted octanol–water partition coefficient (Wildman–Crippen LogP) is 8.52. The van der Waals surface area contributed by atoms with Gasteiger partial charge in [0.2, 0.25) is 0 Å². The first-order chi connectivity index (χ1) is 17.1. The Morgan fingerprint density at radius 1 is 0.971 bits per heavy atom. The summed E-state index contributed by atoms with van der Waals surface area (Å²) in [5.41, 5.74) is 0. The van der Waals surface area contributed by atoms with Gasteiger partial charge in [0, 0.05) is 6.07 Å². The number of hydrogen-bond acceptors (Lipinski definition) is 3. The number of unbranched alkanes of at least 4 members (excludes halogenated alkanes) is 1. The molecule has 3 nitrogen and oxygen atoms in total. The zero-order valence-electron chi connectivity index (χ0n) is 21.9. The van der Waals surface area contributed by atoms with Crippen molar-refractivity contribution >= 4 is 5.97 Å². The first kappa shape index (κ1) is 26.2. The van der Waals surface area contributed by atoms with E-state index >= 15 is 0 Å². The topological polar surface area (TPSA) is 35.5 Å². The third-order valence-electron chi connectivity index (χ3n) is 9.20. The minimum Gasteiger partial charge on any atom is -0.489 e. The number of carbonyl (C=O) groups is 1. The monoisotopic (exact) mass is 484 g/mol. The van der Waals surface area contributed by atoms with Gasteiger partial charge in [0.05, 0.1) is 5.92 Å². The van der Waals surface area contributed by atoms with Gasteiger partial charge in [0.25, 0.3) is 0 Å². The highest BCUT2D eigenvalue weighted by Crippen LogP contribution is 2.49. The average molecular weight is 485 g/mol. The SMILES string of the molecule is C/C=C/COc1ccc(OC(=O)C2CCC(C3CCC4CC(CCCC)CCC4C3)CC2)c(F)c1. The van der Waals surface area contributed by atoms with Crippen molar-refractivity contribution in [3.8, 4) is 11.5 Å². The molecule has 1 aromatic rings. The number of rotatable bonds is 9. The number of fused-ring (bicyclic) bond motifs is 1. The number of benzene rings is 1. The molecular weight excluding hydrogens is 439 g/mol. The Kier molecular flexibility index (Phi) is 9.68. The Labute approximate surface area is 211 Å². The maximum Gasteiger partial charge on any atom is 0.314 e. The summed E-state index contributed by atoms with van der Waals surface area (Å²) in [5, 5.41) is 0. The second kappa shape index (κ2) is 12.9. The van der Waals surface area contributed by atoms with Crippen molar-refractivity contribution in [2.45, 2.75) is 97.3 Å². The van der Waals surface area contributed by atoms with Gasteiger partial charge in [-0.15, -0.1) is 0 Å². The van der Waals surface area contributed by atoms with E-state index in [9.17, 15) is 9.18 Å². The van der Waals surface area contributed by atoms with Crippen LogP contribution in [0.15, 0.2) is 30.4 Å². The molecule has 0 spiro atoms. The van der Waals surface area contributed by atoms with Crippen LogP contribution in [0.25, 0.3) is 0 Å². The maximum absolute atomic E-state index is 14.4. The van der Waals surface area contributed by atoms with Crippen molar-refractivity contribution in [1.82, 2.24) is 0 Å². The Morgan fingerprint density at radius 3 is 2.37 bits per heavy atom. The van der Waals surface area contributed by atoms with Gasteiger partial charge in [-0.1, -0.05) is 44.8 Å². The first-order valence-electron chi connectivity index (χ1n) is 14.3. The number of carbonyl (C=O) groups excluding carboxylic acids is 1. The highest BCUT2D eigenvalue weighted by atomic mass is 19.1. The second-order valence-electron chi connectivity index (χ2n) is 11.4. The minimum atomic E-state index is -0.550. The highest BCUT2D eigenvalue weighted by Gasteiger charge is 2.39. The van der Waals surface area contributed by atoms with Crippen LogP contribution in [0.2, 0.25) is 0 Å². The van der Waals surface area contributed by atoms with Gasteiger partial charge in [-0.05, 0) is 106 Å². The number of allylic oxidation sites excluding steroid dienone is 1. The summed E-state index contributed by atoms with van der Waals surface area (Å²) in [4.78, 5) is 12.8. The fourth-order valence-electron chi connectivity index (χ4n) is 7.12. The Morgan fingerprint density at radius 2 is 1.66 bits per heavy atom. The molecule has 0 radical (unpaired) electrons. The lowest BCUT2D eigenvalue weighted by Crippen LogP contribution is -2.35. The van der Waals surface area contributed by atoms with Crippen LogP contribution >= 0.6 is 0 Å². The molecule has 0 amide bonds. The van der Waals surface area contributed by atoms with E-state index < -0.39 is 5.82 Å². The number of halogens is 1. The molecular formula is C31H45FO3.